The molecule has 0 N–H and O–H groups in total. The molecule has 0 amide bonds. The van der Waals surface area contributed by atoms with Crippen LogP contribution < -0.4 is 0 Å². The molecule has 3 aromatic rings. The highest BCUT2D eigenvalue weighted by Gasteiger charge is 2.15. The summed E-state index contributed by atoms with van der Waals surface area (Å²) in [5, 5.41) is 0.726. The molecule has 2 aromatic heterocycles. The summed E-state index contributed by atoms with van der Waals surface area (Å²) in [6, 6.07) is 12.8. The zero-order chi connectivity index (χ0) is 14.9. The van der Waals surface area contributed by atoms with Crippen molar-refractivity contribution in [2.24, 2.45) is 0 Å². The van der Waals surface area contributed by atoms with Crippen LogP contribution in [0, 0.1) is 0 Å². The van der Waals surface area contributed by atoms with Crippen molar-refractivity contribution >= 4 is 17.2 Å². The van der Waals surface area contributed by atoms with Gasteiger partial charge in [-0.05, 0) is 36.5 Å². The molecule has 1 fully saturated rings. The zero-order valence-electron chi connectivity index (χ0n) is 12.5. The number of rotatable bonds is 2. The normalized spacial score (nSPS) is 16.2. The van der Waals surface area contributed by atoms with Gasteiger partial charge < -0.3 is 4.40 Å². The maximum Gasteiger partial charge on any atom is 0.137 e. The van der Waals surface area contributed by atoms with E-state index in [1.807, 2.05) is 28.9 Å². The Kier molecular flexibility index (Phi) is 3.63. The molecule has 1 aliphatic rings. The molecule has 1 saturated carbocycles. The second-order valence-electron chi connectivity index (χ2n) is 6.20. The van der Waals surface area contributed by atoms with Crippen molar-refractivity contribution in [1.82, 2.24) is 9.38 Å². The van der Waals surface area contributed by atoms with Crippen molar-refractivity contribution in [3.05, 3.63) is 59.4 Å². The minimum atomic E-state index is 0.726. The van der Waals surface area contributed by atoms with Gasteiger partial charge in [-0.15, -0.1) is 0 Å². The molecule has 0 saturated heterocycles. The summed E-state index contributed by atoms with van der Waals surface area (Å²) in [4.78, 5) is 4.67. The van der Waals surface area contributed by atoms with E-state index in [0.717, 1.165) is 22.3 Å². The number of hydrogen-bond donors (Lipinski definition) is 0. The molecule has 0 spiro atoms. The summed E-state index contributed by atoms with van der Waals surface area (Å²) in [6.45, 7) is 0. The van der Waals surface area contributed by atoms with E-state index in [2.05, 4.69) is 29.2 Å². The van der Waals surface area contributed by atoms with Crippen molar-refractivity contribution in [3.8, 4) is 11.3 Å². The van der Waals surface area contributed by atoms with E-state index in [4.69, 9.17) is 11.6 Å². The molecule has 112 valence electrons. The summed E-state index contributed by atoms with van der Waals surface area (Å²) in [5.41, 5.74) is 4.57. The van der Waals surface area contributed by atoms with Gasteiger partial charge in [0.15, 0.2) is 0 Å². The standard InChI is InChI=1S/C19H19ClN2/c20-17-10-11-19-21-18(13-22(19)12-17)16-8-6-15(7-9-16)14-4-2-1-3-5-14/h6-14H,1-5H2. The average molecular weight is 311 g/mol. The lowest BCUT2D eigenvalue weighted by Crippen LogP contribution is -2.04. The molecule has 1 aliphatic carbocycles. The van der Waals surface area contributed by atoms with Crippen molar-refractivity contribution in [2.75, 3.05) is 0 Å². The Morgan fingerprint density at radius 2 is 1.68 bits per heavy atom. The van der Waals surface area contributed by atoms with Gasteiger partial charge in [-0.25, -0.2) is 4.98 Å². The molecule has 3 heteroatoms. The highest BCUT2D eigenvalue weighted by atomic mass is 35.5. The summed E-state index contributed by atoms with van der Waals surface area (Å²) in [7, 11) is 0. The lowest BCUT2D eigenvalue weighted by atomic mass is 9.84. The van der Waals surface area contributed by atoms with Crippen LogP contribution in [0.25, 0.3) is 16.9 Å². The number of aromatic nitrogens is 2. The van der Waals surface area contributed by atoms with Gasteiger partial charge >= 0.3 is 0 Å². The first kappa shape index (κ1) is 13.8. The Bertz CT molecular complexity index is 783. The fraction of sp³-hybridized carbons (Fsp3) is 0.316. The van der Waals surface area contributed by atoms with Crippen LogP contribution in [0.4, 0.5) is 0 Å². The van der Waals surface area contributed by atoms with Crippen LogP contribution >= 0.6 is 11.6 Å². The molecule has 1 aromatic carbocycles. The minimum absolute atomic E-state index is 0.726. The van der Waals surface area contributed by atoms with Crippen LogP contribution in [0.1, 0.15) is 43.6 Å². The molecular formula is C19H19ClN2. The third-order valence-electron chi connectivity index (χ3n) is 4.70. The molecule has 2 nitrogen and oxygen atoms in total. The fourth-order valence-corrected chi connectivity index (χ4v) is 3.63. The summed E-state index contributed by atoms with van der Waals surface area (Å²) in [5.74, 6) is 0.752. The van der Waals surface area contributed by atoms with Gasteiger partial charge in [-0.3, -0.25) is 0 Å². The van der Waals surface area contributed by atoms with Gasteiger partial charge in [0.1, 0.15) is 5.65 Å². The van der Waals surface area contributed by atoms with Crippen molar-refractivity contribution in [3.63, 3.8) is 0 Å². The average Bonchev–Trinajstić information content (AvgIpc) is 2.99. The predicted octanol–water partition coefficient (Wildman–Crippen LogP) is 5.70. The van der Waals surface area contributed by atoms with Crippen LogP contribution in [0.5, 0.6) is 0 Å². The Morgan fingerprint density at radius 3 is 2.45 bits per heavy atom. The van der Waals surface area contributed by atoms with Gasteiger partial charge in [0.05, 0.1) is 10.7 Å². The maximum atomic E-state index is 6.03. The largest absolute Gasteiger partial charge is 0.305 e. The summed E-state index contributed by atoms with van der Waals surface area (Å²) < 4.78 is 1.98. The SMILES string of the molecule is Clc1ccc2nc(-c3ccc(C4CCCCC4)cc3)cn2c1. The number of nitrogens with zero attached hydrogens (tertiary/aromatic N) is 2. The van der Waals surface area contributed by atoms with Gasteiger partial charge in [0, 0.05) is 18.0 Å². The highest BCUT2D eigenvalue weighted by Crippen LogP contribution is 2.33. The predicted molar refractivity (Wildman–Crippen MR) is 91.5 cm³/mol. The Labute approximate surface area is 135 Å². The maximum absolute atomic E-state index is 6.03. The molecule has 4 rings (SSSR count). The number of benzene rings is 1. The number of pyridine rings is 1. The molecule has 0 aliphatic heterocycles. The third-order valence-corrected chi connectivity index (χ3v) is 4.92. The molecule has 22 heavy (non-hydrogen) atoms. The van der Waals surface area contributed by atoms with E-state index in [9.17, 15) is 0 Å². The Balaban J connectivity index is 1.63. The lowest BCUT2D eigenvalue weighted by molar-refractivity contribution is 0.443. The summed E-state index contributed by atoms with van der Waals surface area (Å²) >= 11 is 6.03. The first-order chi connectivity index (χ1) is 10.8. The van der Waals surface area contributed by atoms with Crippen LogP contribution in [0.15, 0.2) is 48.8 Å². The molecule has 0 unspecified atom stereocenters. The number of fused-ring (bicyclic) bond motifs is 1. The van der Waals surface area contributed by atoms with E-state index < -0.39 is 0 Å². The molecule has 0 bridgehead atoms. The van der Waals surface area contributed by atoms with Crippen LogP contribution in [0.3, 0.4) is 0 Å². The first-order valence-corrected chi connectivity index (χ1v) is 8.42. The number of halogens is 1. The van der Waals surface area contributed by atoms with E-state index in [1.54, 1.807) is 0 Å². The van der Waals surface area contributed by atoms with Crippen molar-refractivity contribution in [2.45, 2.75) is 38.0 Å². The van der Waals surface area contributed by atoms with Crippen molar-refractivity contribution < 1.29 is 0 Å². The third kappa shape index (κ3) is 2.64. The molecule has 0 radical (unpaired) electrons. The monoisotopic (exact) mass is 310 g/mol. The first-order valence-electron chi connectivity index (χ1n) is 8.04. The molecular weight excluding hydrogens is 292 g/mol. The number of hydrogen-bond acceptors (Lipinski definition) is 1. The van der Waals surface area contributed by atoms with E-state index in [-0.39, 0.29) is 0 Å². The van der Waals surface area contributed by atoms with Gasteiger partial charge in [-0.1, -0.05) is 55.1 Å². The summed E-state index contributed by atoms with van der Waals surface area (Å²) in [6.07, 6.45) is 10.8. The second-order valence-corrected chi connectivity index (χ2v) is 6.63. The Morgan fingerprint density at radius 1 is 0.909 bits per heavy atom. The fourth-order valence-electron chi connectivity index (χ4n) is 3.47. The van der Waals surface area contributed by atoms with Gasteiger partial charge in [-0.2, -0.15) is 0 Å². The van der Waals surface area contributed by atoms with E-state index >= 15 is 0 Å². The minimum Gasteiger partial charge on any atom is -0.305 e. The second kappa shape index (κ2) is 5.77. The quantitative estimate of drug-likeness (QED) is 0.593. The zero-order valence-corrected chi connectivity index (χ0v) is 13.3. The molecule has 2 heterocycles. The van der Waals surface area contributed by atoms with E-state index in [1.165, 1.54) is 43.2 Å². The number of imidazole rings is 1. The molecule has 0 atom stereocenters. The van der Waals surface area contributed by atoms with Crippen molar-refractivity contribution in [1.29, 1.82) is 0 Å². The lowest BCUT2D eigenvalue weighted by Gasteiger charge is -2.21. The topological polar surface area (TPSA) is 17.3 Å². The van der Waals surface area contributed by atoms with Gasteiger partial charge in [0.2, 0.25) is 0 Å². The van der Waals surface area contributed by atoms with Gasteiger partial charge in [0.25, 0.3) is 0 Å². The van der Waals surface area contributed by atoms with E-state index in [0.29, 0.717) is 0 Å². The highest BCUT2D eigenvalue weighted by molar-refractivity contribution is 6.30. The van der Waals surface area contributed by atoms with Crippen LogP contribution in [0.2, 0.25) is 5.02 Å². The smallest absolute Gasteiger partial charge is 0.137 e. The van der Waals surface area contributed by atoms with Crippen LogP contribution in [-0.4, -0.2) is 9.38 Å². The van der Waals surface area contributed by atoms with Crippen LogP contribution in [-0.2, 0) is 0 Å². The Hall–Kier alpha value is -1.80.